The van der Waals surface area contributed by atoms with Gasteiger partial charge in [0.2, 0.25) is 0 Å². The summed E-state index contributed by atoms with van der Waals surface area (Å²) in [5, 5.41) is 11.3. The molecule has 3 nitrogen and oxygen atoms in total. The number of hydrogen-bond acceptors (Lipinski definition) is 2. The second kappa shape index (κ2) is 7.67. The molecule has 0 saturated heterocycles. The molecule has 0 aliphatic heterocycles. The van der Waals surface area contributed by atoms with Crippen molar-refractivity contribution in [1.82, 2.24) is 5.32 Å². The monoisotopic (exact) mass is 203 g/mol. The van der Waals surface area contributed by atoms with Crippen molar-refractivity contribution in [3.8, 4) is 0 Å². The minimum Gasteiger partial charge on any atom is -0.522 e. The van der Waals surface area contributed by atoms with E-state index in [9.17, 15) is 4.79 Å². The Morgan fingerprint density at radius 1 is 1.38 bits per heavy atom. The Morgan fingerprint density at radius 3 is 2.46 bits per heavy atom. The fourth-order valence-electron chi connectivity index (χ4n) is 0.991. The fraction of sp³-hybridized carbons (Fsp3) is 0.222. The number of hydrogen-bond donors (Lipinski definition) is 2. The molecular weight excluding hydrogens is 193 g/mol. The molecule has 0 fully saturated rings. The van der Waals surface area contributed by atoms with E-state index in [0.717, 1.165) is 5.56 Å². The molecule has 1 aromatic carbocycles. The summed E-state index contributed by atoms with van der Waals surface area (Å²) in [4.78, 5) is 10.0. The Morgan fingerprint density at radius 2 is 2.00 bits per heavy atom. The van der Waals surface area contributed by atoms with Crippen LogP contribution >= 0.6 is 0 Å². The van der Waals surface area contributed by atoms with Crippen molar-refractivity contribution in [2.24, 2.45) is 0 Å². The molecular formula is C9H10KNO2. The summed E-state index contributed by atoms with van der Waals surface area (Å²) in [6.45, 7) is -0.112. The summed E-state index contributed by atoms with van der Waals surface area (Å²) in [7, 11) is 0. The third-order valence-corrected chi connectivity index (χ3v) is 1.62. The van der Waals surface area contributed by atoms with Crippen molar-refractivity contribution in [3.63, 3.8) is 0 Å². The van der Waals surface area contributed by atoms with Gasteiger partial charge in [-0.15, -0.1) is 0 Å². The number of benzene rings is 1. The van der Waals surface area contributed by atoms with Crippen LogP contribution in [0.15, 0.2) is 30.3 Å². The van der Waals surface area contributed by atoms with Crippen molar-refractivity contribution in [1.29, 1.82) is 0 Å². The van der Waals surface area contributed by atoms with Gasteiger partial charge in [0, 0.05) is 6.04 Å². The van der Waals surface area contributed by atoms with Crippen LogP contribution in [0.3, 0.4) is 0 Å². The maximum absolute atomic E-state index is 10.0. The molecule has 0 heterocycles. The maximum Gasteiger partial charge on any atom is 1.00 e. The molecule has 1 rings (SSSR count). The van der Waals surface area contributed by atoms with Gasteiger partial charge in [-0.1, -0.05) is 30.3 Å². The first-order chi connectivity index (χ1) is 5.88. The summed E-state index contributed by atoms with van der Waals surface area (Å²) in [6, 6.07) is 8.91. The van der Waals surface area contributed by atoms with Gasteiger partial charge in [0.1, 0.15) is 0 Å². The van der Waals surface area contributed by atoms with Crippen LogP contribution in [0.4, 0.5) is 0 Å². The Hall–Kier alpha value is 0.286. The summed E-state index contributed by atoms with van der Waals surface area (Å²) >= 11 is 0. The molecule has 4 heteroatoms. The van der Waals surface area contributed by atoms with Crippen molar-refractivity contribution >= 4 is 6.41 Å². The van der Waals surface area contributed by atoms with Crippen LogP contribution in [0.2, 0.25) is 0 Å². The van der Waals surface area contributed by atoms with Gasteiger partial charge in [0.15, 0.2) is 0 Å². The van der Waals surface area contributed by atoms with Crippen molar-refractivity contribution in [2.45, 2.75) is 6.04 Å². The first-order valence-corrected chi connectivity index (χ1v) is 3.67. The van der Waals surface area contributed by atoms with Crippen molar-refractivity contribution in [2.75, 3.05) is 6.61 Å². The van der Waals surface area contributed by atoms with Gasteiger partial charge >= 0.3 is 51.4 Å². The summed E-state index contributed by atoms with van der Waals surface area (Å²) in [6.07, 6.45) is 1.56. The Balaban J connectivity index is 0.00000144. The minimum atomic E-state index is -0.344. The van der Waals surface area contributed by atoms with Crippen LogP contribution < -0.4 is 56.7 Å². The Kier molecular flexibility index (Phi) is 7.84. The van der Waals surface area contributed by atoms with Crippen LogP contribution in [0, 0.1) is 0 Å². The van der Waals surface area contributed by atoms with Gasteiger partial charge in [-0.2, -0.15) is 6.41 Å². The molecule has 0 radical (unpaired) electrons. The van der Waals surface area contributed by atoms with Gasteiger partial charge in [0.05, 0.1) is 6.61 Å². The average Bonchev–Trinajstić information content (AvgIpc) is 2.15. The number of aliphatic hydroxyl groups is 1. The zero-order valence-electron chi connectivity index (χ0n) is 7.53. The van der Waals surface area contributed by atoms with E-state index in [2.05, 4.69) is 5.32 Å². The first kappa shape index (κ1) is 13.3. The van der Waals surface area contributed by atoms with Gasteiger partial charge < -0.3 is 15.2 Å². The van der Waals surface area contributed by atoms with Crippen LogP contribution in [0.5, 0.6) is 0 Å². The molecule has 0 unspecified atom stereocenters. The second-order valence-corrected chi connectivity index (χ2v) is 2.39. The van der Waals surface area contributed by atoms with Crippen molar-refractivity contribution in [3.05, 3.63) is 35.9 Å². The molecule has 13 heavy (non-hydrogen) atoms. The van der Waals surface area contributed by atoms with E-state index in [-0.39, 0.29) is 64.0 Å². The molecule has 0 aliphatic rings. The normalized spacial score (nSPS) is 11.2. The van der Waals surface area contributed by atoms with E-state index in [0.29, 0.717) is 0 Å². The van der Waals surface area contributed by atoms with Crippen LogP contribution in [-0.4, -0.2) is 18.1 Å². The van der Waals surface area contributed by atoms with Crippen LogP contribution in [0.25, 0.3) is 0 Å². The molecule has 64 valence electrons. The molecule has 0 aromatic heterocycles. The molecule has 1 atom stereocenters. The van der Waals surface area contributed by atoms with Gasteiger partial charge in [0.25, 0.3) is 0 Å². The van der Waals surface area contributed by atoms with Gasteiger partial charge in [-0.05, 0) is 5.56 Å². The average molecular weight is 203 g/mol. The zero-order chi connectivity index (χ0) is 8.81. The number of rotatable bonds is 4. The first-order valence-electron chi connectivity index (χ1n) is 3.67. The molecule has 1 aromatic rings. The van der Waals surface area contributed by atoms with E-state index in [1.54, 1.807) is 6.41 Å². The van der Waals surface area contributed by atoms with Gasteiger partial charge in [-0.25, -0.2) is 0 Å². The van der Waals surface area contributed by atoms with E-state index < -0.39 is 0 Å². The SMILES string of the molecule is O=[C-]N[C@H](CO)c1ccccc1.[K+]. The third-order valence-electron chi connectivity index (χ3n) is 1.62. The predicted octanol–water partition coefficient (Wildman–Crippen LogP) is -2.62. The smallest absolute Gasteiger partial charge is 0.522 e. The molecule has 2 N–H and O–H groups in total. The molecule has 1 amide bonds. The fourth-order valence-corrected chi connectivity index (χ4v) is 0.991. The summed E-state index contributed by atoms with van der Waals surface area (Å²) < 4.78 is 0. The number of aliphatic hydroxyl groups excluding tert-OH is 1. The molecule has 0 saturated carbocycles. The molecule has 0 aliphatic carbocycles. The van der Waals surface area contributed by atoms with Crippen LogP contribution in [0.1, 0.15) is 11.6 Å². The van der Waals surface area contributed by atoms with E-state index in [1.807, 2.05) is 30.3 Å². The number of amides is 1. The second-order valence-electron chi connectivity index (χ2n) is 2.39. The number of carbonyl (C=O) groups excluding carboxylic acids is 1. The number of nitrogens with one attached hydrogen (secondary N) is 1. The van der Waals surface area contributed by atoms with Crippen LogP contribution in [-0.2, 0) is 4.79 Å². The Labute approximate surface area is 120 Å². The van der Waals surface area contributed by atoms with E-state index in [1.165, 1.54) is 0 Å². The minimum absolute atomic E-state index is 0. The third kappa shape index (κ3) is 4.35. The zero-order valence-corrected chi connectivity index (χ0v) is 10.6. The predicted molar refractivity (Wildman–Crippen MR) is 45.1 cm³/mol. The summed E-state index contributed by atoms with van der Waals surface area (Å²) in [5.41, 5.74) is 0.878. The quantitative estimate of drug-likeness (QED) is 0.320. The largest absolute Gasteiger partial charge is 1.00 e. The topological polar surface area (TPSA) is 49.3 Å². The van der Waals surface area contributed by atoms with E-state index >= 15 is 0 Å². The standard InChI is InChI=1S/C9H10NO2.K/c11-6-9(10-7-12)8-4-2-1-3-5-8;/h1-5,9,11H,6H2,(H,10,12);/q-1;+1/t9-;/m1./s1. The van der Waals surface area contributed by atoms with Crippen molar-refractivity contribution < 1.29 is 61.3 Å². The van der Waals surface area contributed by atoms with E-state index in [4.69, 9.17) is 5.11 Å². The Bertz CT molecular complexity index is 241. The maximum atomic E-state index is 10.0. The van der Waals surface area contributed by atoms with Gasteiger partial charge in [-0.3, -0.25) is 0 Å². The summed E-state index contributed by atoms with van der Waals surface area (Å²) in [5.74, 6) is 0. The molecule has 0 bridgehead atoms. The molecule has 0 spiro atoms.